The minimum atomic E-state index is -1.78. The first kappa shape index (κ1) is 23.5. The standard InChI is InChI=1S/C24H26O8/c1-3-17(13-5-9-15(25)10-6-13)18(4-2)14-7-11-16(12-8-14)31-24-21(28)19(26)20(27)22(32-24)23(29)30/h3-12,19-22,24-28H,1-2H3,(H,29,30)/b17-3+,18-4+. The molecule has 1 fully saturated rings. The molecule has 1 aliphatic rings. The number of aliphatic hydroxyl groups is 3. The first-order chi connectivity index (χ1) is 15.3. The van der Waals surface area contributed by atoms with Crippen LogP contribution in [0.1, 0.15) is 25.0 Å². The first-order valence-electron chi connectivity index (χ1n) is 10.1. The highest BCUT2D eigenvalue weighted by atomic mass is 16.7. The lowest BCUT2D eigenvalue weighted by atomic mass is 9.92. The van der Waals surface area contributed by atoms with Crippen LogP contribution in [-0.2, 0) is 9.53 Å². The summed E-state index contributed by atoms with van der Waals surface area (Å²) in [5.41, 5.74) is 3.73. The molecule has 32 heavy (non-hydrogen) atoms. The molecule has 5 N–H and O–H groups in total. The fraction of sp³-hybridized carbons (Fsp3) is 0.292. The first-order valence-corrected chi connectivity index (χ1v) is 10.1. The number of benzene rings is 2. The lowest BCUT2D eigenvalue weighted by Crippen LogP contribution is -2.61. The van der Waals surface area contributed by atoms with Crippen molar-refractivity contribution in [1.82, 2.24) is 0 Å². The molecular weight excluding hydrogens is 416 g/mol. The Morgan fingerprint density at radius 2 is 1.34 bits per heavy atom. The van der Waals surface area contributed by atoms with Gasteiger partial charge in [0.1, 0.15) is 29.8 Å². The summed E-state index contributed by atoms with van der Waals surface area (Å²) >= 11 is 0. The van der Waals surface area contributed by atoms with Gasteiger partial charge in [-0.15, -0.1) is 0 Å². The van der Waals surface area contributed by atoms with Crippen LogP contribution in [0.5, 0.6) is 11.5 Å². The zero-order valence-corrected chi connectivity index (χ0v) is 17.6. The SMILES string of the molecule is C/C=C(/C(=C/C)c1ccc(OC2OC(C(=O)O)C(O)C(O)C2O)cc1)c1ccc(O)cc1. The Balaban J connectivity index is 1.79. The average molecular weight is 442 g/mol. The maximum atomic E-state index is 11.2. The van der Waals surface area contributed by atoms with Crippen LogP contribution in [-0.4, -0.2) is 62.2 Å². The van der Waals surface area contributed by atoms with Gasteiger partial charge in [-0.2, -0.15) is 0 Å². The molecule has 1 heterocycles. The Morgan fingerprint density at radius 1 is 0.844 bits per heavy atom. The van der Waals surface area contributed by atoms with Gasteiger partial charge in [-0.05, 0) is 60.4 Å². The Morgan fingerprint density at radius 3 is 1.81 bits per heavy atom. The highest BCUT2D eigenvalue weighted by Gasteiger charge is 2.48. The largest absolute Gasteiger partial charge is 0.508 e. The van der Waals surface area contributed by atoms with Gasteiger partial charge in [0, 0.05) is 0 Å². The normalized spacial score (nSPS) is 26.6. The number of aliphatic carboxylic acids is 1. The predicted octanol–water partition coefficient (Wildman–Crippen LogP) is 2.17. The number of aliphatic hydroxyl groups excluding tert-OH is 3. The molecule has 170 valence electrons. The molecule has 0 aliphatic carbocycles. The van der Waals surface area contributed by atoms with E-state index in [1.807, 2.05) is 38.1 Å². The van der Waals surface area contributed by atoms with E-state index in [0.717, 1.165) is 22.3 Å². The highest BCUT2D eigenvalue weighted by Crippen LogP contribution is 2.33. The van der Waals surface area contributed by atoms with Gasteiger partial charge in [-0.1, -0.05) is 36.4 Å². The molecule has 0 spiro atoms. The van der Waals surface area contributed by atoms with Crippen LogP contribution in [0.25, 0.3) is 11.1 Å². The number of rotatable bonds is 6. The number of ether oxygens (including phenoxy) is 2. The van der Waals surface area contributed by atoms with Gasteiger partial charge in [0.25, 0.3) is 0 Å². The van der Waals surface area contributed by atoms with E-state index >= 15 is 0 Å². The molecule has 0 aromatic heterocycles. The van der Waals surface area contributed by atoms with Gasteiger partial charge in [0.2, 0.25) is 6.29 Å². The summed E-state index contributed by atoms with van der Waals surface area (Å²) in [6, 6.07) is 13.7. The van der Waals surface area contributed by atoms with E-state index in [2.05, 4.69) is 0 Å². The second-order valence-electron chi connectivity index (χ2n) is 7.33. The Kier molecular flexibility index (Phi) is 7.32. The van der Waals surface area contributed by atoms with E-state index in [0.29, 0.717) is 0 Å². The van der Waals surface area contributed by atoms with Crippen LogP contribution in [0.4, 0.5) is 0 Å². The second kappa shape index (κ2) is 9.97. The van der Waals surface area contributed by atoms with Crippen LogP contribution in [0.2, 0.25) is 0 Å². The van der Waals surface area contributed by atoms with Crippen molar-refractivity contribution < 1.29 is 39.8 Å². The Labute approximate surface area is 185 Å². The van der Waals surface area contributed by atoms with Crippen molar-refractivity contribution in [3.63, 3.8) is 0 Å². The summed E-state index contributed by atoms with van der Waals surface area (Å²) in [7, 11) is 0. The summed E-state index contributed by atoms with van der Waals surface area (Å²) < 4.78 is 10.7. The van der Waals surface area contributed by atoms with E-state index in [-0.39, 0.29) is 11.5 Å². The van der Waals surface area contributed by atoms with Crippen LogP contribution >= 0.6 is 0 Å². The topological polar surface area (TPSA) is 137 Å². The summed E-state index contributed by atoms with van der Waals surface area (Å²) in [4.78, 5) is 11.2. The molecule has 2 aromatic rings. The van der Waals surface area contributed by atoms with Gasteiger partial charge in [-0.25, -0.2) is 4.79 Å². The third-order valence-electron chi connectivity index (χ3n) is 5.28. The predicted molar refractivity (Wildman–Crippen MR) is 117 cm³/mol. The fourth-order valence-electron chi connectivity index (χ4n) is 3.59. The number of hydrogen-bond acceptors (Lipinski definition) is 7. The highest BCUT2D eigenvalue weighted by molar-refractivity contribution is 6.04. The van der Waals surface area contributed by atoms with Crippen molar-refractivity contribution in [2.45, 2.75) is 44.6 Å². The van der Waals surface area contributed by atoms with Gasteiger partial charge in [0.15, 0.2) is 6.10 Å². The number of phenols is 1. The van der Waals surface area contributed by atoms with Crippen molar-refractivity contribution >= 4 is 17.1 Å². The fourth-order valence-corrected chi connectivity index (χ4v) is 3.59. The summed E-state index contributed by atoms with van der Waals surface area (Å²) in [5.74, 6) is -1.01. The molecule has 0 amide bonds. The van der Waals surface area contributed by atoms with E-state index in [1.54, 1.807) is 36.4 Å². The number of carboxylic acids is 1. The number of carbonyl (C=O) groups is 1. The van der Waals surface area contributed by atoms with Crippen LogP contribution < -0.4 is 4.74 Å². The summed E-state index contributed by atoms with van der Waals surface area (Å²) in [6.07, 6.45) is -4.40. The molecule has 0 bridgehead atoms. The van der Waals surface area contributed by atoms with Gasteiger partial charge in [-0.3, -0.25) is 0 Å². The molecule has 2 aromatic carbocycles. The number of carboxylic acid groups (broad SMARTS) is 1. The zero-order valence-electron chi connectivity index (χ0n) is 17.6. The van der Waals surface area contributed by atoms with Crippen molar-refractivity contribution in [2.24, 2.45) is 0 Å². The molecule has 8 heteroatoms. The molecule has 0 saturated carbocycles. The van der Waals surface area contributed by atoms with E-state index in [4.69, 9.17) is 14.6 Å². The number of hydrogen-bond donors (Lipinski definition) is 5. The third kappa shape index (κ3) is 4.84. The van der Waals surface area contributed by atoms with Gasteiger partial charge in [0.05, 0.1) is 0 Å². The minimum Gasteiger partial charge on any atom is -0.508 e. The van der Waals surface area contributed by atoms with Crippen molar-refractivity contribution in [3.8, 4) is 11.5 Å². The minimum absolute atomic E-state index is 0.183. The lowest BCUT2D eigenvalue weighted by Gasteiger charge is -2.38. The molecule has 5 unspecified atom stereocenters. The van der Waals surface area contributed by atoms with Crippen molar-refractivity contribution in [1.29, 1.82) is 0 Å². The van der Waals surface area contributed by atoms with Crippen molar-refractivity contribution in [3.05, 3.63) is 71.8 Å². The maximum absolute atomic E-state index is 11.2. The molecule has 1 aliphatic heterocycles. The maximum Gasteiger partial charge on any atom is 0.335 e. The van der Waals surface area contributed by atoms with Gasteiger partial charge >= 0.3 is 5.97 Å². The average Bonchev–Trinajstić information content (AvgIpc) is 2.79. The molecule has 5 atom stereocenters. The van der Waals surface area contributed by atoms with E-state index < -0.39 is 36.7 Å². The molecule has 1 saturated heterocycles. The smallest absolute Gasteiger partial charge is 0.335 e. The van der Waals surface area contributed by atoms with E-state index in [1.165, 1.54) is 0 Å². The summed E-state index contributed by atoms with van der Waals surface area (Å²) in [5, 5.41) is 48.5. The monoisotopic (exact) mass is 442 g/mol. The van der Waals surface area contributed by atoms with Crippen LogP contribution in [0.3, 0.4) is 0 Å². The summed E-state index contributed by atoms with van der Waals surface area (Å²) in [6.45, 7) is 3.83. The molecule has 3 rings (SSSR count). The quantitative estimate of drug-likeness (QED) is 0.430. The van der Waals surface area contributed by atoms with Crippen molar-refractivity contribution in [2.75, 3.05) is 0 Å². The van der Waals surface area contributed by atoms with E-state index in [9.17, 15) is 25.2 Å². The zero-order chi connectivity index (χ0) is 23.4. The van der Waals surface area contributed by atoms with Gasteiger partial charge < -0.3 is 35.0 Å². The lowest BCUT2D eigenvalue weighted by molar-refractivity contribution is -0.271. The number of allylic oxidation sites excluding steroid dienone is 4. The number of aromatic hydroxyl groups is 1. The van der Waals surface area contributed by atoms with Crippen LogP contribution in [0, 0.1) is 0 Å². The Hall–Kier alpha value is -3.17. The second-order valence-corrected chi connectivity index (χ2v) is 7.33. The Bertz CT molecular complexity index is 994. The molecular formula is C24H26O8. The molecule has 8 nitrogen and oxygen atoms in total. The third-order valence-corrected chi connectivity index (χ3v) is 5.28. The van der Waals surface area contributed by atoms with Crippen LogP contribution in [0.15, 0.2) is 60.7 Å². The number of phenolic OH excluding ortho intramolecular Hbond substituents is 1. The molecule has 0 radical (unpaired) electrons.